The molecule has 1 aliphatic carbocycles. The molecule has 0 radical (unpaired) electrons. The van der Waals surface area contributed by atoms with Crippen molar-refractivity contribution in [2.75, 3.05) is 14.2 Å². The molecule has 0 aromatic heterocycles. The summed E-state index contributed by atoms with van der Waals surface area (Å²) in [6.07, 6.45) is 1.59. The van der Waals surface area contributed by atoms with Crippen molar-refractivity contribution in [3.63, 3.8) is 0 Å². The van der Waals surface area contributed by atoms with Crippen molar-refractivity contribution < 1.29 is 14.6 Å². The third kappa shape index (κ3) is 1.89. The molecule has 0 heterocycles. The van der Waals surface area contributed by atoms with Crippen LogP contribution in [0.1, 0.15) is 30.9 Å². The number of hydrogen-bond donors (Lipinski definition) is 1. The predicted molar refractivity (Wildman–Crippen MR) is 66.9 cm³/mol. The largest absolute Gasteiger partial charge is 0.496 e. The first-order valence-corrected chi connectivity index (χ1v) is 5.96. The molecule has 1 unspecified atom stereocenters. The summed E-state index contributed by atoms with van der Waals surface area (Å²) in [7, 11) is 3.33. The number of rotatable bonds is 4. The lowest BCUT2D eigenvalue weighted by atomic mass is 9.88. The quantitative estimate of drug-likeness (QED) is 0.872. The van der Waals surface area contributed by atoms with Crippen molar-refractivity contribution in [3.05, 3.63) is 23.3 Å². The summed E-state index contributed by atoms with van der Waals surface area (Å²) in [6, 6.07) is 4.00. The second kappa shape index (κ2) is 4.22. The summed E-state index contributed by atoms with van der Waals surface area (Å²) in [6.45, 7) is 3.85. The molecule has 17 heavy (non-hydrogen) atoms. The van der Waals surface area contributed by atoms with Crippen LogP contribution in [0.3, 0.4) is 0 Å². The van der Waals surface area contributed by atoms with Crippen molar-refractivity contribution in [1.82, 2.24) is 0 Å². The average Bonchev–Trinajstić information content (AvgIpc) is 3.08. The van der Waals surface area contributed by atoms with Crippen LogP contribution in [0, 0.1) is 6.92 Å². The van der Waals surface area contributed by atoms with Gasteiger partial charge in [-0.05, 0) is 44.4 Å². The Kier molecular flexibility index (Phi) is 3.04. The van der Waals surface area contributed by atoms with Crippen molar-refractivity contribution >= 4 is 0 Å². The summed E-state index contributed by atoms with van der Waals surface area (Å²) < 4.78 is 10.9. The first kappa shape index (κ1) is 12.2. The van der Waals surface area contributed by atoms with Gasteiger partial charge in [0, 0.05) is 11.0 Å². The van der Waals surface area contributed by atoms with Crippen LogP contribution in [-0.4, -0.2) is 25.4 Å². The van der Waals surface area contributed by atoms with Gasteiger partial charge in [0.25, 0.3) is 0 Å². The maximum Gasteiger partial charge on any atom is 0.126 e. The Bertz CT molecular complexity index is 394. The molecule has 0 amide bonds. The van der Waals surface area contributed by atoms with E-state index in [1.54, 1.807) is 14.2 Å². The van der Waals surface area contributed by atoms with Crippen LogP contribution in [0.5, 0.6) is 11.5 Å². The highest BCUT2D eigenvalue weighted by molar-refractivity contribution is 5.55. The highest BCUT2D eigenvalue weighted by atomic mass is 16.5. The van der Waals surface area contributed by atoms with E-state index in [0.29, 0.717) is 0 Å². The Morgan fingerprint density at radius 2 is 1.65 bits per heavy atom. The molecule has 1 aliphatic rings. The number of aryl methyl sites for hydroxylation is 1. The number of ether oxygens (including phenoxy) is 2. The van der Waals surface area contributed by atoms with Crippen LogP contribution >= 0.6 is 0 Å². The molecule has 1 aromatic rings. The Hall–Kier alpha value is -1.22. The van der Waals surface area contributed by atoms with Crippen molar-refractivity contribution in [3.8, 4) is 11.5 Å². The molecule has 1 atom stereocenters. The van der Waals surface area contributed by atoms with E-state index in [-0.39, 0.29) is 11.5 Å². The van der Waals surface area contributed by atoms with Crippen LogP contribution in [-0.2, 0) is 5.41 Å². The monoisotopic (exact) mass is 236 g/mol. The van der Waals surface area contributed by atoms with Gasteiger partial charge in [0.1, 0.15) is 11.5 Å². The molecule has 1 aromatic carbocycles. The van der Waals surface area contributed by atoms with Gasteiger partial charge in [-0.2, -0.15) is 0 Å². The third-order valence-corrected chi connectivity index (χ3v) is 3.74. The highest BCUT2D eigenvalue weighted by Crippen LogP contribution is 2.57. The molecule has 1 N–H and O–H groups in total. The molecule has 94 valence electrons. The molecular weight excluding hydrogens is 216 g/mol. The fourth-order valence-electron chi connectivity index (χ4n) is 2.55. The Morgan fingerprint density at radius 3 is 1.94 bits per heavy atom. The maximum absolute atomic E-state index is 9.99. The van der Waals surface area contributed by atoms with Gasteiger partial charge in [-0.25, -0.2) is 0 Å². The molecule has 1 fully saturated rings. The minimum absolute atomic E-state index is 0.176. The SMILES string of the molecule is COc1cc(C)cc(OC)c1C1(C(C)O)CC1. The average molecular weight is 236 g/mol. The summed E-state index contributed by atoms with van der Waals surface area (Å²) in [5.74, 6) is 1.64. The molecule has 1 saturated carbocycles. The summed E-state index contributed by atoms with van der Waals surface area (Å²) >= 11 is 0. The highest BCUT2D eigenvalue weighted by Gasteiger charge is 2.51. The molecule has 0 saturated heterocycles. The van der Waals surface area contributed by atoms with Crippen LogP contribution in [0.25, 0.3) is 0 Å². The Labute approximate surface area is 102 Å². The number of methoxy groups -OCH3 is 2. The van der Waals surface area contributed by atoms with Gasteiger partial charge in [-0.15, -0.1) is 0 Å². The standard InChI is InChI=1S/C14H20O3/c1-9-7-11(16-3)13(12(8-9)17-4)14(5-6-14)10(2)15/h7-8,10,15H,5-6H2,1-4H3. The first-order valence-electron chi connectivity index (χ1n) is 5.96. The van der Waals surface area contributed by atoms with Gasteiger partial charge in [-0.3, -0.25) is 0 Å². The van der Waals surface area contributed by atoms with Crippen LogP contribution in [0.15, 0.2) is 12.1 Å². The predicted octanol–water partition coefficient (Wildman–Crippen LogP) is 2.42. The van der Waals surface area contributed by atoms with Gasteiger partial charge in [0.15, 0.2) is 0 Å². The summed E-state index contributed by atoms with van der Waals surface area (Å²) in [5.41, 5.74) is 1.94. The van der Waals surface area contributed by atoms with E-state index in [2.05, 4.69) is 0 Å². The first-order chi connectivity index (χ1) is 8.05. The van der Waals surface area contributed by atoms with Crippen molar-refractivity contribution in [2.24, 2.45) is 0 Å². The van der Waals surface area contributed by atoms with E-state index < -0.39 is 0 Å². The molecule has 3 nitrogen and oxygen atoms in total. The smallest absolute Gasteiger partial charge is 0.126 e. The molecule has 0 spiro atoms. The van der Waals surface area contributed by atoms with Gasteiger partial charge in [0.2, 0.25) is 0 Å². The lowest BCUT2D eigenvalue weighted by Crippen LogP contribution is -2.24. The number of aliphatic hydroxyl groups excluding tert-OH is 1. The molecular formula is C14H20O3. The Balaban J connectivity index is 2.59. The maximum atomic E-state index is 9.99. The fraction of sp³-hybridized carbons (Fsp3) is 0.571. The number of hydrogen-bond acceptors (Lipinski definition) is 3. The van der Waals surface area contributed by atoms with E-state index >= 15 is 0 Å². The molecule has 0 aliphatic heterocycles. The zero-order chi connectivity index (χ0) is 12.6. The second-order valence-corrected chi connectivity index (χ2v) is 4.88. The van der Waals surface area contributed by atoms with E-state index in [9.17, 15) is 5.11 Å². The summed E-state index contributed by atoms with van der Waals surface area (Å²) in [5, 5.41) is 9.99. The second-order valence-electron chi connectivity index (χ2n) is 4.88. The van der Waals surface area contributed by atoms with Crippen LogP contribution in [0.2, 0.25) is 0 Å². The normalized spacial score (nSPS) is 18.6. The van der Waals surface area contributed by atoms with Gasteiger partial charge in [0.05, 0.1) is 20.3 Å². The topological polar surface area (TPSA) is 38.7 Å². The van der Waals surface area contributed by atoms with E-state index in [1.165, 1.54) is 0 Å². The fourth-order valence-corrected chi connectivity index (χ4v) is 2.55. The molecule has 3 heteroatoms. The lowest BCUT2D eigenvalue weighted by Gasteiger charge is -2.24. The zero-order valence-electron chi connectivity index (χ0n) is 10.9. The van der Waals surface area contributed by atoms with Crippen LogP contribution < -0.4 is 9.47 Å². The van der Waals surface area contributed by atoms with E-state index in [0.717, 1.165) is 35.5 Å². The van der Waals surface area contributed by atoms with E-state index in [4.69, 9.17) is 9.47 Å². The molecule has 0 bridgehead atoms. The number of aliphatic hydroxyl groups is 1. The number of benzene rings is 1. The van der Waals surface area contributed by atoms with Gasteiger partial charge >= 0.3 is 0 Å². The van der Waals surface area contributed by atoms with Gasteiger partial charge < -0.3 is 14.6 Å². The summed E-state index contributed by atoms with van der Waals surface area (Å²) in [4.78, 5) is 0. The minimum atomic E-state index is -0.381. The third-order valence-electron chi connectivity index (χ3n) is 3.74. The minimum Gasteiger partial charge on any atom is -0.496 e. The van der Waals surface area contributed by atoms with Crippen molar-refractivity contribution in [1.29, 1.82) is 0 Å². The molecule has 2 rings (SSSR count). The Morgan fingerprint density at radius 1 is 1.18 bits per heavy atom. The van der Waals surface area contributed by atoms with E-state index in [1.807, 2.05) is 26.0 Å². The van der Waals surface area contributed by atoms with Gasteiger partial charge in [-0.1, -0.05) is 0 Å². The van der Waals surface area contributed by atoms with Crippen molar-refractivity contribution in [2.45, 2.75) is 38.2 Å². The zero-order valence-corrected chi connectivity index (χ0v) is 10.9. The van der Waals surface area contributed by atoms with Crippen LogP contribution in [0.4, 0.5) is 0 Å². The lowest BCUT2D eigenvalue weighted by molar-refractivity contribution is 0.147.